The number of hydrogen-bond acceptors (Lipinski definition) is 6. The van der Waals surface area contributed by atoms with Crippen LogP contribution in [0, 0.1) is 0 Å². The lowest BCUT2D eigenvalue weighted by molar-refractivity contribution is -0.0481. The molecule has 6 heteroatoms. The summed E-state index contributed by atoms with van der Waals surface area (Å²) in [6, 6.07) is 10.2. The Labute approximate surface area is 148 Å². The third-order valence-electron chi connectivity index (χ3n) is 3.94. The summed E-state index contributed by atoms with van der Waals surface area (Å²) in [4.78, 5) is 4.55. The summed E-state index contributed by atoms with van der Waals surface area (Å²) in [5.74, 6) is 0. The molecule has 6 nitrogen and oxygen atoms in total. The standard InChI is InChI=1S/C19H25NO5/c1-2-4-17-16(3-1)5-6-20-19(17)18-15-24-12-11-22-8-7-21-9-10-23-13-14-25-18/h1-6,18H,7-15H2. The molecule has 0 spiro atoms. The normalized spacial score (nSPS) is 22.2. The fourth-order valence-corrected chi connectivity index (χ4v) is 2.70. The Bertz CT molecular complexity index is 615. The quantitative estimate of drug-likeness (QED) is 0.789. The number of fused-ring (bicyclic) bond motifs is 1. The zero-order chi connectivity index (χ0) is 17.2. The van der Waals surface area contributed by atoms with Gasteiger partial charge in [0, 0.05) is 11.6 Å². The van der Waals surface area contributed by atoms with E-state index in [1.54, 1.807) is 0 Å². The zero-order valence-electron chi connectivity index (χ0n) is 14.4. The lowest BCUT2D eigenvalue weighted by atomic mass is 10.1. The first-order valence-corrected chi connectivity index (χ1v) is 8.71. The molecule has 0 N–H and O–H groups in total. The van der Waals surface area contributed by atoms with Gasteiger partial charge in [0.1, 0.15) is 6.10 Å². The molecular formula is C19H25NO5. The Morgan fingerprint density at radius 3 is 2.12 bits per heavy atom. The van der Waals surface area contributed by atoms with Crippen molar-refractivity contribution < 1.29 is 23.7 Å². The molecule has 0 amide bonds. The summed E-state index contributed by atoms with van der Waals surface area (Å²) < 4.78 is 28.2. The third-order valence-corrected chi connectivity index (χ3v) is 3.94. The van der Waals surface area contributed by atoms with Crippen molar-refractivity contribution in [2.24, 2.45) is 0 Å². The van der Waals surface area contributed by atoms with Crippen LogP contribution in [0.15, 0.2) is 36.5 Å². The van der Waals surface area contributed by atoms with Gasteiger partial charge < -0.3 is 23.7 Å². The van der Waals surface area contributed by atoms with E-state index in [1.807, 2.05) is 24.4 Å². The first-order valence-electron chi connectivity index (χ1n) is 8.71. The second-order valence-electron chi connectivity index (χ2n) is 5.69. The van der Waals surface area contributed by atoms with E-state index in [-0.39, 0.29) is 6.10 Å². The van der Waals surface area contributed by atoms with Gasteiger partial charge in [-0.25, -0.2) is 0 Å². The molecule has 1 aromatic carbocycles. The molecular weight excluding hydrogens is 322 g/mol. The Balaban J connectivity index is 1.69. The first kappa shape index (κ1) is 18.2. The first-order chi connectivity index (χ1) is 12.4. The second kappa shape index (κ2) is 10.4. The highest BCUT2D eigenvalue weighted by atomic mass is 16.6. The predicted octanol–water partition coefficient (Wildman–Crippen LogP) is 2.37. The van der Waals surface area contributed by atoms with Crippen molar-refractivity contribution in [2.45, 2.75) is 6.10 Å². The SMILES string of the molecule is c1ccc2c(C3COCCOCCOCCOCCO3)nccc2c1. The molecule has 1 atom stereocenters. The molecule has 0 aliphatic carbocycles. The van der Waals surface area contributed by atoms with Gasteiger partial charge >= 0.3 is 0 Å². The number of ether oxygens (including phenoxy) is 5. The summed E-state index contributed by atoms with van der Waals surface area (Å²) in [6.45, 7) is 4.73. The molecule has 136 valence electrons. The molecule has 0 bridgehead atoms. The Kier molecular flexibility index (Phi) is 7.60. The minimum absolute atomic E-state index is 0.240. The van der Waals surface area contributed by atoms with Crippen molar-refractivity contribution in [1.82, 2.24) is 4.98 Å². The molecule has 3 rings (SSSR count). The summed E-state index contributed by atoms with van der Waals surface area (Å²) >= 11 is 0. The minimum atomic E-state index is -0.240. The molecule has 1 aliphatic heterocycles. The average Bonchev–Trinajstić information content (AvgIpc) is 2.66. The van der Waals surface area contributed by atoms with Crippen LogP contribution >= 0.6 is 0 Å². The number of aromatic nitrogens is 1. The van der Waals surface area contributed by atoms with Gasteiger partial charge in [0.15, 0.2) is 0 Å². The van der Waals surface area contributed by atoms with Crippen LogP contribution in [0.3, 0.4) is 0 Å². The zero-order valence-corrected chi connectivity index (χ0v) is 14.4. The summed E-state index contributed by atoms with van der Waals surface area (Å²) in [5, 5.41) is 2.23. The lowest BCUT2D eigenvalue weighted by Crippen LogP contribution is -2.18. The second-order valence-corrected chi connectivity index (χ2v) is 5.69. The lowest BCUT2D eigenvalue weighted by Gasteiger charge is -2.19. The number of rotatable bonds is 1. The third kappa shape index (κ3) is 5.73. The van der Waals surface area contributed by atoms with Crippen LogP contribution < -0.4 is 0 Å². The van der Waals surface area contributed by atoms with Gasteiger partial charge in [-0.2, -0.15) is 0 Å². The van der Waals surface area contributed by atoms with Crippen LogP contribution in [0.1, 0.15) is 11.8 Å². The number of hydrogen-bond donors (Lipinski definition) is 0. The fraction of sp³-hybridized carbons (Fsp3) is 0.526. The van der Waals surface area contributed by atoms with Gasteiger partial charge in [-0.15, -0.1) is 0 Å². The molecule has 2 aromatic rings. The molecule has 1 aromatic heterocycles. The molecule has 0 saturated carbocycles. The van der Waals surface area contributed by atoms with E-state index in [9.17, 15) is 0 Å². The van der Waals surface area contributed by atoms with Crippen LogP contribution in [0.25, 0.3) is 10.8 Å². The Morgan fingerprint density at radius 1 is 0.720 bits per heavy atom. The van der Waals surface area contributed by atoms with E-state index < -0.39 is 0 Å². The highest BCUT2D eigenvalue weighted by Gasteiger charge is 2.17. The number of pyridine rings is 1. The smallest absolute Gasteiger partial charge is 0.123 e. The van der Waals surface area contributed by atoms with Gasteiger partial charge in [0.25, 0.3) is 0 Å². The number of nitrogens with zero attached hydrogens (tertiary/aromatic N) is 1. The van der Waals surface area contributed by atoms with Crippen molar-refractivity contribution in [3.05, 3.63) is 42.2 Å². The summed E-state index contributed by atoms with van der Waals surface area (Å²) in [6.07, 6.45) is 1.57. The molecule has 1 aliphatic rings. The average molecular weight is 347 g/mol. The topological polar surface area (TPSA) is 59.0 Å². The monoisotopic (exact) mass is 347 g/mol. The maximum atomic E-state index is 6.02. The fourth-order valence-electron chi connectivity index (χ4n) is 2.70. The maximum Gasteiger partial charge on any atom is 0.123 e. The predicted molar refractivity (Wildman–Crippen MR) is 93.7 cm³/mol. The molecule has 0 radical (unpaired) electrons. The van der Waals surface area contributed by atoms with E-state index in [2.05, 4.69) is 17.1 Å². The molecule has 1 saturated heterocycles. The summed E-state index contributed by atoms with van der Waals surface area (Å²) in [7, 11) is 0. The van der Waals surface area contributed by atoms with Crippen LogP contribution in [0.4, 0.5) is 0 Å². The Hall–Kier alpha value is -1.57. The molecule has 1 fully saturated rings. The van der Waals surface area contributed by atoms with Gasteiger partial charge in [-0.3, -0.25) is 4.98 Å². The van der Waals surface area contributed by atoms with Crippen molar-refractivity contribution in [2.75, 3.05) is 59.5 Å². The van der Waals surface area contributed by atoms with E-state index in [4.69, 9.17) is 23.7 Å². The highest BCUT2D eigenvalue weighted by molar-refractivity contribution is 5.84. The van der Waals surface area contributed by atoms with Crippen LogP contribution in [0.5, 0.6) is 0 Å². The van der Waals surface area contributed by atoms with Crippen LogP contribution in [-0.4, -0.2) is 64.4 Å². The van der Waals surface area contributed by atoms with E-state index in [1.165, 1.54) is 0 Å². The Morgan fingerprint density at radius 2 is 1.36 bits per heavy atom. The van der Waals surface area contributed by atoms with E-state index in [0.717, 1.165) is 16.5 Å². The number of benzene rings is 1. The van der Waals surface area contributed by atoms with Crippen molar-refractivity contribution >= 4 is 10.8 Å². The van der Waals surface area contributed by atoms with Gasteiger partial charge in [0.05, 0.1) is 65.2 Å². The minimum Gasteiger partial charge on any atom is -0.377 e. The largest absolute Gasteiger partial charge is 0.377 e. The van der Waals surface area contributed by atoms with Crippen molar-refractivity contribution in [3.8, 4) is 0 Å². The van der Waals surface area contributed by atoms with Gasteiger partial charge in [-0.1, -0.05) is 24.3 Å². The maximum absolute atomic E-state index is 6.02. The summed E-state index contributed by atoms with van der Waals surface area (Å²) in [5.41, 5.74) is 0.895. The van der Waals surface area contributed by atoms with Crippen molar-refractivity contribution in [1.29, 1.82) is 0 Å². The van der Waals surface area contributed by atoms with E-state index in [0.29, 0.717) is 59.5 Å². The molecule has 2 heterocycles. The van der Waals surface area contributed by atoms with Gasteiger partial charge in [0.2, 0.25) is 0 Å². The molecule has 1 unspecified atom stereocenters. The van der Waals surface area contributed by atoms with Crippen LogP contribution in [-0.2, 0) is 23.7 Å². The van der Waals surface area contributed by atoms with Gasteiger partial charge in [-0.05, 0) is 11.5 Å². The van der Waals surface area contributed by atoms with Crippen molar-refractivity contribution in [3.63, 3.8) is 0 Å². The highest BCUT2D eigenvalue weighted by Crippen LogP contribution is 2.24. The van der Waals surface area contributed by atoms with Crippen LogP contribution in [0.2, 0.25) is 0 Å². The molecule has 25 heavy (non-hydrogen) atoms. The van der Waals surface area contributed by atoms with E-state index >= 15 is 0 Å².